The molecule has 2 atom stereocenters. The summed E-state index contributed by atoms with van der Waals surface area (Å²) in [6.45, 7) is 5.82. The number of rotatable bonds is 4. The van der Waals surface area contributed by atoms with Crippen molar-refractivity contribution >= 4 is 22.6 Å². The Balaban J connectivity index is 2.10. The molecule has 0 unspecified atom stereocenters. The van der Waals surface area contributed by atoms with Crippen molar-refractivity contribution in [2.75, 3.05) is 18.6 Å². The first-order valence-electron chi connectivity index (χ1n) is 7.70. The fourth-order valence-corrected chi connectivity index (χ4v) is 2.96. The molecular weight excluding hydrogens is 322 g/mol. The van der Waals surface area contributed by atoms with Crippen LogP contribution in [-0.2, 0) is 10.8 Å². The van der Waals surface area contributed by atoms with Crippen molar-refractivity contribution in [3.63, 3.8) is 0 Å². The van der Waals surface area contributed by atoms with Crippen molar-refractivity contribution in [1.29, 1.82) is 0 Å². The van der Waals surface area contributed by atoms with E-state index in [2.05, 4.69) is 10.3 Å². The number of aryl methyl sites for hydroxylation is 2. The Labute approximate surface area is 145 Å². The summed E-state index contributed by atoms with van der Waals surface area (Å²) in [5, 5.41) is 2.83. The molecule has 5 nitrogen and oxygen atoms in total. The monoisotopic (exact) mass is 345 g/mol. The molecule has 0 aliphatic carbocycles. The van der Waals surface area contributed by atoms with Crippen LogP contribution in [0.3, 0.4) is 0 Å². The Morgan fingerprint density at radius 2 is 1.83 bits per heavy atom. The molecule has 1 heterocycles. The van der Waals surface area contributed by atoms with E-state index < -0.39 is 10.8 Å². The fraction of sp³-hybridized carbons (Fsp3) is 0.333. The first kappa shape index (κ1) is 18.1. The van der Waals surface area contributed by atoms with Gasteiger partial charge in [0, 0.05) is 34.7 Å². The maximum Gasteiger partial charge on any atom is 0.323 e. The lowest BCUT2D eigenvalue weighted by Gasteiger charge is -2.25. The largest absolute Gasteiger partial charge is 0.323 e. The predicted octanol–water partition coefficient (Wildman–Crippen LogP) is 3.66. The zero-order valence-corrected chi connectivity index (χ0v) is 15.5. The average molecular weight is 345 g/mol. The van der Waals surface area contributed by atoms with Gasteiger partial charge in [-0.3, -0.25) is 9.53 Å². The van der Waals surface area contributed by atoms with Gasteiger partial charge in [0.25, 0.3) is 0 Å². The van der Waals surface area contributed by atoms with Gasteiger partial charge in [0.1, 0.15) is 5.82 Å². The van der Waals surface area contributed by atoms with Crippen molar-refractivity contribution in [3.05, 3.63) is 53.2 Å². The molecule has 1 aromatic carbocycles. The molecule has 0 bridgehead atoms. The van der Waals surface area contributed by atoms with Crippen molar-refractivity contribution in [1.82, 2.24) is 9.88 Å². The summed E-state index contributed by atoms with van der Waals surface area (Å²) < 4.78 is 11.5. The number of pyridine rings is 1. The Morgan fingerprint density at radius 3 is 2.38 bits per heavy atom. The van der Waals surface area contributed by atoms with Crippen LogP contribution < -0.4 is 5.32 Å². The number of aromatic nitrogens is 1. The number of anilines is 1. The summed E-state index contributed by atoms with van der Waals surface area (Å²) in [6.07, 6.45) is 1.65. The average Bonchev–Trinajstić information content (AvgIpc) is 2.52. The van der Waals surface area contributed by atoms with E-state index in [1.807, 2.05) is 57.2 Å². The number of hydrogen-bond acceptors (Lipinski definition) is 3. The second-order valence-corrected chi connectivity index (χ2v) is 7.29. The van der Waals surface area contributed by atoms with Crippen LogP contribution in [0.2, 0.25) is 0 Å². The van der Waals surface area contributed by atoms with Crippen LogP contribution in [0.15, 0.2) is 41.3 Å². The number of amides is 2. The van der Waals surface area contributed by atoms with Crippen molar-refractivity contribution in [2.45, 2.75) is 31.7 Å². The van der Waals surface area contributed by atoms with Gasteiger partial charge in [-0.1, -0.05) is 12.1 Å². The Kier molecular flexibility index (Phi) is 5.72. The van der Waals surface area contributed by atoms with Gasteiger partial charge in [0.2, 0.25) is 0 Å². The maximum atomic E-state index is 12.5. The van der Waals surface area contributed by atoms with Gasteiger partial charge < -0.3 is 4.90 Å². The number of nitrogens with zero attached hydrogens (tertiary/aromatic N) is 2. The number of nitrogens with one attached hydrogen (secondary N) is 1. The van der Waals surface area contributed by atoms with E-state index in [-0.39, 0.29) is 12.1 Å². The first-order chi connectivity index (χ1) is 11.3. The standard InChI is InChI=1S/C18H23N3O2S/c1-12-10-13(2)19-17(11-12)20-18(22)21(4)14(3)15-6-8-16(9-7-15)24(5)23/h6-11,14H,1-5H3,(H,19,20,22)/t14-,24+/m0/s1. The van der Waals surface area contributed by atoms with Gasteiger partial charge in [0.15, 0.2) is 0 Å². The highest BCUT2D eigenvalue weighted by atomic mass is 32.2. The molecule has 0 radical (unpaired) electrons. The van der Waals surface area contributed by atoms with E-state index in [0.29, 0.717) is 5.82 Å². The molecule has 128 valence electrons. The minimum Gasteiger partial charge on any atom is -0.321 e. The molecule has 0 saturated carbocycles. The Bertz CT molecular complexity index is 739. The lowest BCUT2D eigenvalue weighted by molar-refractivity contribution is 0.208. The zero-order valence-electron chi connectivity index (χ0n) is 14.7. The predicted molar refractivity (Wildman–Crippen MR) is 97.7 cm³/mol. The number of benzene rings is 1. The minimum atomic E-state index is -1.00. The van der Waals surface area contributed by atoms with Crippen molar-refractivity contribution in [3.8, 4) is 0 Å². The smallest absolute Gasteiger partial charge is 0.321 e. The highest BCUT2D eigenvalue weighted by Crippen LogP contribution is 2.21. The van der Waals surface area contributed by atoms with E-state index in [9.17, 15) is 9.00 Å². The third-order valence-electron chi connectivity index (χ3n) is 3.93. The molecule has 1 N–H and O–H groups in total. The van der Waals surface area contributed by atoms with E-state index in [0.717, 1.165) is 21.7 Å². The lowest BCUT2D eigenvalue weighted by atomic mass is 10.1. The highest BCUT2D eigenvalue weighted by molar-refractivity contribution is 7.84. The second-order valence-electron chi connectivity index (χ2n) is 5.91. The Morgan fingerprint density at radius 1 is 1.21 bits per heavy atom. The second kappa shape index (κ2) is 7.57. The summed E-state index contributed by atoms with van der Waals surface area (Å²) in [7, 11) is 0.742. The van der Waals surface area contributed by atoms with Crippen LogP contribution in [0.25, 0.3) is 0 Å². The number of carbonyl (C=O) groups excluding carboxylic acids is 1. The molecule has 0 saturated heterocycles. The molecular formula is C18H23N3O2S. The van der Waals surface area contributed by atoms with E-state index in [4.69, 9.17) is 0 Å². The summed E-state index contributed by atoms with van der Waals surface area (Å²) in [4.78, 5) is 19.2. The van der Waals surface area contributed by atoms with E-state index in [1.165, 1.54) is 0 Å². The SMILES string of the molecule is Cc1cc(C)nc(NC(=O)N(C)[C@@H](C)c2ccc([S@@](C)=O)cc2)c1. The van der Waals surface area contributed by atoms with Crippen LogP contribution in [0.1, 0.15) is 29.8 Å². The lowest BCUT2D eigenvalue weighted by Crippen LogP contribution is -2.33. The fourth-order valence-electron chi connectivity index (χ4n) is 2.44. The molecule has 0 aliphatic rings. The minimum absolute atomic E-state index is 0.116. The third kappa shape index (κ3) is 4.41. The maximum absolute atomic E-state index is 12.5. The number of urea groups is 1. The molecule has 0 spiro atoms. The zero-order chi connectivity index (χ0) is 17.9. The van der Waals surface area contributed by atoms with E-state index >= 15 is 0 Å². The van der Waals surface area contributed by atoms with Gasteiger partial charge in [-0.15, -0.1) is 0 Å². The van der Waals surface area contributed by atoms with Gasteiger partial charge in [-0.05, 0) is 56.2 Å². The summed E-state index contributed by atoms with van der Waals surface area (Å²) >= 11 is 0. The van der Waals surface area contributed by atoms with E-state index in [1.54, 1.807) is 18.2 Å². The molecule has 0 aliphatic heterocycles. The molecule has 1 aromatic heterocycles. The van der Waals surface area contributed by atoms with Crippen LogP contribution in [0.4, 0.5) is 10.6 Å². The Hall–Kier alpha value is -2.21. The van der Waals surface area contributed by atoms with Crippen molar-refractivity contribution < 1.29 is 9.00 Å². The quantitative estimate of drug-likeness (QED) is 0.920. The molecule has 6 heteroatoms. The third-order valence-corrected chi connectivity index (χ3v) is 4.86. The molecule has 2 amide bonds. The van der Waals surface area contributed by atoms with Crippen LogP contribution in [0, 0.1) is 13.8 Å². The van der Waals surface area contributed by atoms with Crippen LogP contribution >= 0.6 is 0 Å². The topological polar surface area (TPSA) is 62.3 Å². The van der Waals surface area contributed by atoms with Crippen molar-refractivity contribution in [2.24, 2.45) is 0 Å². The van der Waals surface area contributed by atoms with Crippen LogP contribution in [-0.4, -0.2) is 33.4 Å². The summed E-state index contributed by atoms with van der Waals surface area (Å²) in [5.41, 5.74) is 2.90. The molecule has 24 heavy (non-hydrogen) atoms. The molecule has 2 aromatic rings. The molecule has 0 fully saturated rings. The highest BCUT2D eigenvalue weighted by Gasteiger charge is 2.18. The van der Waals surface area contributed by atoms with Gasteiger partial charge >= 0.3 is 6.03 Å². The number of hydrogen-bond donors (Lipinski definition) is 1. The summed E-state index contributed by atoms with van der Waals surface area (Å²) in [6, 6.07) is 10.9. The van der Waals surface area contributed by atoms with Gasteiger partial charge in [-0.25, -0.2) is 9.78 Å². The van der Waals surface area contributed by atoms with Crippen LogP contribution in [0.5, 0.6) is 0 Å². The first-order valence-corrected chi connectivity index (χ1v) is 9.26. The molecule has 2 rings (SSSR count). The summed E-state index contributed by atoms with van der Waals surface area (Å²) in [5.74, 6) is 0.549. The number of carbonyl (C=O) groups is 1. The normalized spacial score (nSPS) is 13.2. The van der Waals surface area contributed by atoms with Gasteiger partial charge in [0.05, 0.1) is 6.04 Å². The van der Waals surface area contributed by atoms with Gasteiger partial charge in [-0.2, -0.15) is 0 Å².